The molecule has 0 heterocycles. The summed E-state index contributed by atoms with van der Waals surface area (Å²) < 4.78 is 9.55. The number of carboxylic acids is 1. The SMILES string of the molecule is C=C(OCC)C(=O)O.CCC[CH2][Sn]([CH2]CCC)[CH2]CCC. The van der Waals surface area contributed by atoms with Crippen molar-refractivity contribution in [3.63, 3.8) is 0 Å². The molecule has 1 radical (unpaired) electrons. The topological polar surface area (TPSA) is 46.5 Å². The van der Waals surface area contributed by atoms with E-state index in [4.69, 9.17) is 5.11 Å². The summed E-state index contributed by atoms with van der Waals surface area (Å²) in [6.07, 6.45) is 8.85. The number of carboxylic acid groups (broad SMARTS) is 1. The molecule has 0 saturated carbocycles. The van der Waals surface area contributed by atoms with E-state index in [1.807, 2.05) is 0 Å². The van der Waals surface area contributed by atoms with Crippen LogP contribution in [0.25, 0.3) is 0 Å². The fraction of sp³-hybridized carbons (Fsp3) is 0.824. The zero-order valence-corrected chi connectivity index (χ0v) is 17.4. The van der Waals surface area contributed by atoms with Crippen LogP contribution < -0.4 is 0 Å². The molecule has 125 valence electrons. The summed E-state index contributed by atoms with van der Waals surface area (Å²) in [5.74, 6) is -1.31. The molecule has 21 heavy (non-hydrogen) atoms. The first-order valence-electron chi connectivity index (χ1n) is 8.41. The minimum absolute atomic E-state index is 0.201. The molecule has 0 aliphatic heterocycles. The fourth-order valence-electron chi connectivity index (χ4n) is 1.89. The van der Waals surface area contributed by atoms with Gasteiger partial charge in [0.1, 0.15) is 0 Å². The van der Waals surface area contributed by atoms with Crippen molar-refractivity contribution in [2.45, 2.75) is 79.5 Å². The van der Waals surface area contributed by atoms with Crippen molar-refractivity contribution in [2.75, 3.05) is 6.61 Å². The van der Waals surface area contributed by atoms with Crippen LogP contribution in [0.15, 0.2) is 12.3 Å². The third-order valence-electron chi connectivity index (χ3n) is 3.21. The van der Waals surface area contributed by atoms with Gasteiger partial charge in [0.05, 0.1) is 6.61 Å². The zero-order valence-electron chi connectivity index (χ0n) is 14.5. The second-order valence-electron chi connectivity index (χ2n) is 5.22. The molecule has 0 aromatic heterocycles. The molecule has 0 rings (SSSR count). The van der Waals surface area contributed by atoms with Gasteiger partial charge >= 0.3 is 98.3 Å². The molecule has 0 aromatic rings. The van der Waals surface area contributed by atoms with Gasteiger partial charge in [0.2, 0.25) is 0 Å². The molecular formula is C17H35O3Sn. The number of ether oxygens (including phenoxy) is 1. The van der Waals surface area contributed by atoms with Crippen molar-refractivity contribution in [2.24, 2.45) is 0 Å². The van der Waals surface area contributed by atoms with Crippen molar-refractivity contribution >= 4 is 25.7 Å². The molecule has 0 amide bonds. The summed E-state index contributed by atoms with van der Waals surface area (Å²) in [4.78, 5) is 9.86. The second kappa shape index (κ2) is 17.9. The number of unbranched alkanes of at least 4 members (excludes halogenated alkanes) is 3. The average Bonchev–Trinajstić information content (AvgIpc) is 2.47. The van der Waals surface area contributed by atoms with Crippen LogP contribution in [-0.2, 0) is 9.53 Å². The molecular weight excluding hydrogens is 371 g/mol. The summed E-state index contributed by atoms with van der Waals surface area (Å²) in [5.41, 5.74) is 0. The molecule has 0 aliphatic carbocycles. The summed E-state index contributed by atoms with van der Waals surface area (Å²) in [6.45, 7) is 12.2. The van der Waals surface area contributed by atoms with Gasteiger partial charge in [0, 0.05) is 0 Å². The Labute approximate surface area is 138 Å². The van der Waals surface area contributed by atoms with Crippen LogP contribution in [0.2, 0.25) is 13.3 Å². The normalized spacial score (nSPS) is 9.95. The van der Waals surface area contributed by atoms with Crippen LogP contribution >= 0.6 is 0 Å². The number of rotatable bonds is 12. The van der Waals surface area contributed by atoms with Gasteiger partial charge in [0.25, 0.3) is 0 Å². The Kier molecular flexibility index (Phi) is 19.6. The van der Waals surface area contributed by atoms with Crippen molar-refractivity contribution < 1.29 is 14.6 Å². The van der Waals surface area contributed by atoms with Crippen LogP contribution in [0.4, 0.5) is 0 Å². The van der Waals surface area contributed by atoms with E-state index in [-0.39, 0.29) is 5.76 Å². The molecule has 0 spiro atoms. The van der Waals surface area contributed by atoms with Crippen molar-refractivity contribution in [1.29, 1.82) is 0 Å². The van der Waals surface area contributed by atoms with Gasteiger partial charge in [0.15, 0.2) is 5.76 Å². The molecule has 0 bridgehead atoms. The first-order chi connectivity index (χ1) is 10.0. The predicted molar refractivity (Wildman–Crippen MR) is 93.3 cm³/mol. The van der Waals surface area contributed by atoms with E-state index in [0.717, 1.165) is 0 Å². The van der Waals surface area contributed by atoms with E-state index in [9.17, 15) is 4.79 Å². The van der Waals surface area contributed by atoms with Gasteiger partial charge in [-0.1, -0.05) is 0 Å². The minimum atomic E-state index is -1.10. The summed E-state index contributed by atoms with van der Waals surface area (Å²) >= 11 is -0.839. The predicted octanol–water partition coefficient (Wildman–Crippen LogP) is 5.50. The van der Waals surface area contributed by atoms with Gasteiger partial charge in [-0.05, 0) is 13.5 Å². The van der Waals surface area contributed by atoms with Crippen LogP contribution in [0.5, 0.6) is 0 Å². The van der Waals surface area contributed by atoms with Gasteiger partial charge in [-0.25, -0.2) is 4.79 Å². The number of hydrogen-bond donors (Lipinski definition) is 1. The third-order valence-corrected chi connectivity index (χ3v) is 12.3. The molecule has 0 aliphatic rings. The van der Waals surface area contributed by atoms with E-state index >= 15 is 0 Å². The van der Waals surface area contributed by atoms with Crippen LogP contribution in [0.3, 0.4) is 0 Å². The average molecular weight is 406 g/mol. The van der Waals surface area contributed by atoms with Crippen LogP contribution in [-0.4, -0.2) is 37.4 Å². The molecule has 0 fully saturated rings. The Bertz CT molecular complexity index is 235. The molecule has 0 unspecified atom stereocenters. The number of aliphatic carboxylic acids is 1. The molecule has 0 saturated heterocycles. The Balaban J connectivity index is 0. The molecule has 3 nitrogen and oxygen atoms in total. The summed E-state index contributed by atoms with van der Waals surface area (Å²) in [5, 5.41) is 8.09. The van der Waals surface area contributed by atoms with E-state index in [0.29, 0.717) is 6.61 Å². The van der Waals surface area contributed by atoms with Gasteiger partial charge < -0.3 is 9.84 Å². The van der Waals surface area contributed by atoms with Gasteiger partial charge in [-0.3, -0.25) is 0 Å². The van der Waals surface area contributed by atoms with Crippen LogP contribution in [0.1, 0.15) is 66.2 Å². The molecule has 0 aromatic carbocycles. The molecule has 1 N–H and O–H groups in total. The first kappa shape index (κ1) is 23.1. The standard InChI is InChI=1S/C5H8O3.3C4H9.Sn/c1-3-8-4(2)5(6)7;3*1-3-4-2;/h2-3H2,1H3,(H,6,7);3*1,3-4H2,2H3;. The molecule has 4 heteroatoms. The van der Waals surface area contributed by atoms with E-state index < -0.39 is 25.7 Å². The first-order valence-corrected chi connectivity index (χ1v) is 14.5. The Morgan fingerprint density at radius 1 is 0.952 bits per heavy atom. The van der Waals surface area contributed by atoms with Crippen molar-refractivity contribution in [1.82, 2.24) is 0 Å². The maximum atomic E-state index is 9.86. The third kappa shape index (κ3) is 17.8. The van der Waals surface area contributed by atoms with Crippen molar-refractivity contribution in [3.8, 4) is 0 Å². The Hall–Kier alpha value is -0.191. The Morgan fingerprint density at radius 3 is 1.52 bits per heavy atom. The van der Waals surface area contributed by atoms with Gasteiger partial charge in [-0.2, -0.15) is 0 Å². The second-order valence-corrected chi connectivity index (χ2v) is 13.8. The maximum absolute atomic E-state index is 9.86. The number of carbonyl (C=O) groups is 1. The quantitative estimate of drug-likeness (QED) is 0.264. The Morgan fingerprint density at radius 2 is 1.33 bits per heavy atom. The zero-order chi connectivity index (χ0) is 16.5. The number of hydrogen-bond acceptors (Lipinski definition) is 2. The van der Waals surface area contributed by atoms with E-state index in [2.05, 4.69) is 32.1 Å². The summed E-state index contributed by atoms with van der Waals surface area (Å²) in [7, 11) is 0. The van der Waals surface area contributed by atoms with Crippen LogP contribution in [0, 0.1) is 0 Å². The monoisotopic (exact) mass is 407 g/mol. The summed E-state index contributed by atoms with van der Waals surface area (Å²) in [6, 6.07) is 0. The van der Waals surface area contributed by atoms with E-state index in [1.165, 1.54) is 38.5 Å². The fourth-order valence-corrected chi connectivity index (χ4v) is 11.3. The van der Waals surface area contributed by atoms with E-state index in [1.54, 1.807) is 20.2 Å². The molecule has 0 atom stereocenters. The van der Waals surface area contributed by atoms with Gasteiger partial charge in [-0.15, -0.1) is 0 Å². The van der Waals surface area contributed by atoms with Crippen molar-refractivity contribution in [3.05, 3.63) is 12.3 Å².